The molecule has 0 amide bonds. The number of rotatable bonds is 4. The van der Waals surface area contributed by atoms with Crippen molar-refractivity contribution in [2.75, 3.05) is 32.8 Å². The van der Waals surface area contributed by atoms with Gasteiger partial charge in [0.25, 0.3) is 0 Å². The summed E-state index contributed by atoms with van der Waals surface area (Å²) in [5, 5.41) is 9.03. The standard InChI is InChI=1S/C9H20N2O/c1-8-5-11(4-2-3-10)6-9(8)7-12/h8-9,12H,2-7,10H2,1H3/t8-,9-/m1/s1. The number of aliphatic hydroxyl groups excluding tert-OH is 1. The van der Waals surface area contributed by atoms with E-state index in [2.05, 4.69) is 11.8 Å². The van der Waals surface area contributed by atoms with Gasteiger partial charge in [-0.25, -0.2) is 0 Å². The first-order valence-electron chi connectivity index (χ1n) is 4.81. The van der Waals surface area contributed by atoms with Crippen molar-refractivity contribution in [1.82, 2.24) is 4.90 Å². The van der Waals surface area contributed by atoms with Crippen LogP contribution in [0, 0.1) is 11.8 Å². The minimum Gasteiger partial charge on any atom is -0.396 e. The minimum atomic E-state index is 0.334. The molecule has 0 spiro atoms. The summed E-state index contributed by atoms with van der Waals surface area (Å²) in [5.41, 5.74) is 5.43. The van der Waals surface area contributed by atoms with Crippen molar-refractivity contribution in [3.8, 4) is 0 Å². The largest absolute Gasteiger partial charge is 0.396 e. The van der Waals surface area contributed by atoms with Crippen LogP contribution in [0.1, 0.15) is 13.3 Å². The molecule has 3 nitrogen and oxygen atoms in total. The lowest BCUT2D eigenvalue weighted by Crippen LogP contribution is -2.24. The first kappa shape index (κ1) is 9.96. The number of aliphatic hydroxyl groups is 1. The third kappa shape index (κ3) is 2.44. The van der Waals surface area contributed by atoms with Gasteiger partial charge in [0.05, 0.1) is 0 Å². The predicted octanol–water partition coefficient (Wildman–Crippen LogP) is -0.105. The Hall–Kier alpha value is -0.120. The molecule has 2 atom stereocenters. The van der Waals surface area contributed by atoms with Gasteiger partial charge in [0.15, 0.2) is 0 Å². The van der Waals surface area contributed by atoms with Crippen LogP contribution in [0.5, 0.6) is 0 Å². The van der Waals surface area contributed by atoms with Crippen LogP contribution in [-0.4, -0.2) is 42.8 Å². The summed E-state index contributed by atoms with van der Waals surface area (Å²) in [6.07, 6.45) is 1.07. The minimum absolute atomic E-state index is 0.334. The van der Waals surface area contributed by atoms with Crippen molar-refractivity contribution in [3.63, 3.8) is 0 Å². The predicted molar refractivity (Wildman–Crippen MR) is 49.9 cm³/mol. The molecule has 0 aromatic rings. The maximum atomic E-state index is 9.03. The molecule has 1 aliphatic heterocycles. The van der Waals surface area contributed by atoms with Crippen LogP contribution >= 0.6 is 0 Å². The van der Waals surface area contributed by atoms with Gasteiger partial charge in [-0.15, -0.1) is 0 Å². The number of hydrogen-bond donors (Lipinski definition) is 2. The van der Waals surface area contributed by atoms with Crippen molar-refractivity contribution in [2.45, 2.75) is 13.3 Å². The first-order chi connectivity index (χ1) is 5.77. The summed E-state index contributed by atoms with van der Waals surface area (Å²) in [5.74, 6) is 1.13. The summed E-state index contributed by atoms with van der Waals surface area (Å²) in [6.45, 7) is 6.60. The second-order valence-electron chi connectivity index (χ2n) is 3.82. The van der Waals surface area contributed by atoms with Crippen LogP contribution in [0.25, 0.3) is 0 Å². The fourth-order valence-electron chi connectivity index (χ4n) is 1.88. The summed E-state index contributed by atoms with van der Waals surface area (Å²) < 4.78 is 0. The zero-order valence-corrected chi connectivity index (χ0v) is 7.87. The van der Waals surface area contributed by atoms with E-state index in [0.717, 1.165) is 32.6 Å². The lowest BCUT2D eigenvalue weighted by Gasteiger charge is -2.13. The van der Waals surface area contributed by atoms with Crippen LogP contribution in [0.3, 0.4) is 0 Å². The Bertz CT molecular complexity index is 130. The van der Waals surface area contributed by atoms with Crippen molar-refractivity contribution >= 4 is 0 Å². The molecule has 1 saturated heterocycles. The molecule has 0 unspecified atom stereocenters. The summed E-state index contributed by atoms with van der Waals surface area (Å²) in [6, 6.07) is 0. The fourth-order valence-corrected chi connectivity index (χ4v) is 1.88. The normalized spacial score (nSPS) is 31.2. The third-order valence-corrected chi connectivity index (χ3v) is 2.76. The van der Waals surface area contributed by atoms with E-state index in [1.165, 1.54) is 0 Å². The molecule has 0 aliphatic carbocycles. The molecule has 1 rings (SSSR count). The molecule has 0 radical (unpaired) electrons. The summed E-state index contributed by atoms with van der Waals surface area (Å²) in [7, 11) is 0. The van der Waals surface area contributed by atoms with Crippen molar-refractivity contribution < 1.29 is 5.11 Å². The molecular formula is C9H20N2O. The number of nitrogens with two attached hydrogens (primary N) is 1. The van der Waals surface area contributed by atoms with Gasteiger partial charge in [-0.2, -0.15) is 0 Å². The van der Waals surface area contributed by atoms with E-state index in [-0.39, 0.29) is 0 Å². The number of likely N-dealkylation sites (tertiary alicyclic amines) is 1. The second kappa shape index (κ2) is 4.80. The Balaban J connectivity index is 2.23. The molecule has 0 saturated carbocycles. The molecule has 3 heteroatoms. The fraction of sp³-hybridized carbons (Fsp3) is 1.00. The van der Waals surface area contributed by atoms with Crippen LogP contribution in [-0.2, 0) is 0 Å². The van der Waals surface area contributed by atoms with Gasteiger partial charge < -0.3 is 15.7 Å². The van der Waals surface area contributed by atoms with Gasteiger partial charge in [0.1, 0.15) is 0 Å². The molecular weight excluding hydrogens is 152 g/mol. The average molecular weight is 172 g/mol. The highest BCUT2D eigenvalue weighted by atomic mass is 16.3. The van der Waals surface area contributed by atoms with Gasteiger partial charge in [0.2, 0.25) is 0 Å². The Labute approximate surface area is 74.5 Å². The van der Waals surface area contributed by atoms with E-state index < -0.39 is 0 Å². The number of hydrogen-bond acceptors (Lipinski definition) is 3. The SMILES string of the molecule is C[C@@H]1CN(CCCN)C[C@@H]1CO. The van der Waals surface area contributed by atoms with Gasteiger partial charge >= 0.3 is 0 Å². The molecule has 3 N–H and O–H groups in total. The quantitative estimate of drug-likeness (QED) is 0.622. The van der Waals surface area contributed by atoms with E-state index in [9.17, 15) is 0 Å². The Morgan fingerprint density at radius 2 is 2.25 bits per heavy atom. The lowest BCUT2D eigenvalue weighted by atomic mass is 10.00. The average Bonchev–Trinajstić information content (AvgIpc) is 2.43. The van der Waals surface area contributed by atoms with Crippen LogP contribution in [0.15, 0.2) is 0 Å². The summed E-state index contributed by atoms with van der Waals surface area (Å²) in [4.78, 5) is 2.40. The van der Waals surface area contributed by atoms with Crippen molar-refractivity contribution in [2.24, 2.45) is 17.6 Å². The monoisotopic (exact) mass is 172 g/mol. The van der Waals surface area contributed by atoms with Crippen molar-refractivity contribution in [1.29, 1.82) is 0 Å². The molecule has 1 aliphatic rings. The van der Waals surface area contributed by atoms with Gasteiger partial charge in [-0.1, -0.05) is 6.92 Å². The molecule has 0 aromatic heterocycles. The molecule has 72 valence electrons. The Morgan fingerprint density at radius 1 is 1.50 bits per heavy atom. The van der Waals surface area contributed by atoms with Crippen LogP contribution < -0.4 is 5.73 Å². The van der Waals surface area contributed by atoms with E-state index in [1.54, 1.807) is 0 Å². The highest BCUT2D eigenvalue weighted by Gasteiger charge is 2.27. The molecule has 0 bridgehead atoms. The lowest BCUT2D eigenvalue weighted by molar-refractivity contribution is 0.205. The topological polar surface area (TPSA) is 49.5 Å². The van der Waals surface area contributed by atoms with E-state index in [0.29, 0.717) is 18.4 Å². The Morgan fingerprint density at radius 3 is 2.75 bits per heavy atom. The van der Waals surface area contributed by atoms with E-state index in [1.807, 2.05) is 0 Å². The first-order valence-corrected chi connectivity index (χ1v) is 4.81. The summed E-state index contributed by atoms with van der Waals surface area (Å²) >= 11 is 0. The van der Waals surface area contributed by atoms with E-state index in [4.69, 9.17) is 10.8 Å². The molecule has 1 fully saturated rings. The highest BCUT2D eigenvalue weighted by Crippen LogP contribution is 2.21. The van der Waals surface area contributed by atoms with Gasteiger partial charge in [-0.05, 0) is 31.3 Å². The highest BCUT2D eigenvalue weighted by molar-refractivity contribution is 4.80. The van der Waals surface area contributed by atoms with Crippen LogP contribution in [0.2, 0.25) is 0 Å². The molecule has 1 heterocycles. The number of nitrogens with zero attached hydrogens (tertiary/aromatic N) is 1. The molecule has 0 aromatic carbocycles. The second-order valence-corrected chi connectivity index (χ2v) is 3.82. The maximum Gasteiger partial charge on any atom is 0.0474 e. The van der Waals surface area contributed by atoms with E-state index >= 15 is 0 Å². The smallest absolute Gasteiger partial charge is 0.0474 e. The van der Waals surface area contributed by atoms with Crippen molar-refractivity contribution in [3.05, 3.63) is 0 Å². The zero-order chi connectivity index (χ0) is 8.97. The zero-order valence-electron chi connectivity index (χ0n) is 7.87. The van der Waals surface area contributed by atoms with Gasteiger partial charge in [0, 0.05) is 19.7 Å². The maximum absolute atomic E-state index is 9.03. The Kier molecular flexibility index (Phi) is 3.98. The van der Waals surface area contributed by atoms with Crippen LogP contribution in [0.4, 0.5) is 0 Å². The van der Waals surface area contributed by atoms with Gasteiger partial charge in [-0.3, -0.25) is 0 Å². The third-order valence-electron chi connectivity index (χ3n) is 2.76. The molecule has 12 heavy (non-hydrogen) atoms.